The number of hydrogen-bond donors (Lipinski definition) is 2. The van der Waals surface area contributed by atoms with Crippen LogP contribution in [0, 0.1) is 11.6 Å². The third kappa shape index (κ3) is 3.44. The quantitative estimate of drug-likeness (QED) is 0.827. The van der Waals surface area contributed by atoms with E-state index in [1.54, 1.807) is 0 Å². The number of hydroxylamine groups is 1. The van der Waals surface area contributed by atoms with Crippen LogP contribution in [0.15, 0.2) is 24.4 Å². The average molecular weight is 348 g/mol. The summed E-state index contributed by atoms with van der Waals surface area (Å²) in [7, 11) is 1.21. The lowest BCUT2D eigenvalue weighted by atomic mass is 10.1. The van der Waals surface area contributed by atoms with E-state index in [2.05, 4.69) is 15.1 Å². The van der Waals surface area contributed by atoms with Crippen molar-refractivity contribution in [2.75, 3.05) is 12.4 Å². The molecule has 2 aromatic rings. The number of halogens is 4. The number of amides is 1. The Bertz CT molecular complexity index is 729. The summed E-state index contributed by atoms with van der Waals surface area (Å²) in [5, 5.41) is 2.83. The molecule has 1 amide bonds. The molecule has 1 aromatic carbocycles. The summed E-state index contributed by atoms with van der Waals surface area (Å²) in [6.07, 6.45) is 1.27. The molecule has 0 bridgehead atoms. The van der Waals surface area contributed by atoms with Gasteiger partial charge in [0.2, 0.25) is 0 Å². The first-order valence-electron chi connectivity index (χ1n) is 5.83. The van der Waals surface area contributed by atoms with Crippen molar-refractivity contribution in [2.45, 2.75) is 0 Å². The molecule has 1 aromatic heterocycles. The summed E-state index contributed by atoms with van der Waals surface area (Å²) >= 11 is 11.6. The highest BCUT2D eigenvalue weighted by Gasteiger charge is 2.20. The Morgan fingerprint density at radius 3 is 2.68 bits per heavy atom. The number of nitrogens with zero attached hydrogens (tertiary/aromatic N) is 1. The molecule has 0 fully saturated rings. The van der Waals surface area contributed by atoms with Crippen LogP contribution in [0.5, 0.6) is 0 Å². The van der Waals surface area contributed by atoms with Crippen molar-refractivity contribution in [3.63, 3.8) is 0 Å². The lowest BCUT2D eigenvalue weighted by Gasteiger charge is -2.13. The highest BCUT2D eigenvalue weighted by molar-refractivity contribution is 6.36. The largest absolute Gasteiger partial charge is 0.336 e. The molecule has 0 aliphatic rings. The summed E-state index contributed by atoms with van der Waals surface area (Å²) in [6, 6.07) is 3.28. The average Bonchev–Trinajstić information content (AvgIpc) is 2.46. The molecule has 0 aliphatic carbocycles. The SMILES string of the molecule is CONC(=O)c1ccc(F)c(F)c1Nc1ncc(Cl)cc1Cl. The van der Waals surface area contributed by atoms with Gasteiger partial charge in [0.05, 0.1) is 28.4 Å². The summed E-state index contributed by atoms with van der Waals surface area (Å²) in [6.45, 7) is 0. The van der Waals surface area contributed by atoms with E-state index in [1.807, 2.05) is 5.48 Å². The van der Waals surface area contributed by atoms with Crippen molar-refractivity contribution in [3.05, 3.63) is 51.6 Å². The van der Waals surface area contributed by atoms with E-state index < -0.39 is 23.2 Å². The summed E-state index contributed by atoms with van der Waals surface area (Å²) in [4.78, 5) is 20.2. The van der Waals surface area contributed by atoms with Gasteiger partial charge < -0.3 is 5.32 Å². The maximum Gasteiger partial charge on any atom is 0.277 e. The highest BCUT2D eigenvalue weighted by Crippen LogP contribution is 2.30. The molecule has 116 valence electrons. The number of hydrogen-bond acceptors (Lipinski definition) is 4. The monoisotopic (exact) mass is 347 g/mol. The van der Waals surface area contributed by atoms with E-state index >= 15 is 0 Å². The van der Waals surface area contributed by atoms with Crippen molar-refractivity contribution >= 4 is 40.6 Å². The van der Waals surface area contributed by atoms with Crippen molar-refractivity contribution in [2.24, 2.45) is 0 Å². The van der Waals surface area contributed by atoms with E-state index in [-0.39, 0.29) is 21.4 Å². The molecule has 9 heteroatoms. The second-order valence-electron chi connectivity index (χ2n) is 4.03. The number of carbonyl (C=O) groups excluding carboxylic acids is 1. The summed E-state index contributed by atoms with van der Waals surface area (Å²) < 4.78 is 27.4. The number of pyridine rings is 1. The van der Waals surface area contributed by atoms with Gasteiger partial charge in [-0.2, -0.15) is 0 Å². The van der Waals surface area contributed by atoms with Crippen LogP contribution in [0.25, 0.3) is 0 Å². The van der Waals surface area contributed by atoms with Crippen LogP contribution in [0.2, 0.25) is 10.0 Å². The van der Waals surface area contributed by atoms with Gasteiger partial charge in [-0.3, -0.25) is 9.63 Å². The van der Waals surface area contributed by atoms with Crippen LogP contribution >= 0.6 is 23.2 Å². The molecular weight excluding hydrogens is 339 g/mol. The van der Waals surface area contributed by atoms with E-state index in [1.165, 1.54) is 19.4 Å². The molecule has 0 saturated heterocycles. The second kappa shape index (κ2) is 6.87. The molecule has 22 heavy (non-hydrogen) atoms. The number of nitrogens with one attached hydrogen (secondary N) is 2. The third-order valence-corrected chi connectivity index (χ3v) is 3.08. The zero-order chi connectivity index (χ0) is 16.3. The van der Waals surface area contributed by atoms with Crippen LogP contribution < -0.4 is 10.8 Å². The molecule has 0 atom stereocenters. The van der Waals surface area contributed by atoms with Crippen LogP contribution in [-0.2, 0) is 4.84 Å². The molecule has 0 aliphatic heterocycles. The Morgan fingerprint density at radius 1 is 1.32 bits per heavy atom. The van der Waals surface area contributed by atoms with Crippen molar-refractivity contribution in [1.82, 2.24) is 10.5 Å². The fraction of sp³-hybridized carbons (Fsp3) is 0.0769. The Labute approximate surface area is 134 Å². The standard InChI is InChI=1S/C13H9Cl2F2N3O2/c1-22-20-13(21)7-2-3-9(16)10(17)11(7)19-12-8(15)4-6(14)5-18-12/h2-5H,1H3,(H,18,19)(H,20,21). The van der Waals surface area contributed by atoms with Gasteiger partial charge in [0.15, 0.2) is 11.6 Å². The maximum atomic E-state index is 14.0. The van der Waals surface area contributed by atoms with E-state index in [0.717, 1.165) is 12.1 Å². The normalized spacial score (nSPS) is 10.4. The van der Waals surface area contributed by atoms with Gasteiger partial charge in [0, 0.05) is 6.20 Å². The van der Waals surface area contributed by atoms with E-state index in [9.17, 15) is 13.6 Å². The van der Waals surface area contributed by atoms with Crippen molar-refractivity contribution in [3.8, 4) is 0 Å². The molecular formula is C13H9Cl2F2N3O2. The number of carbonyl (C=O) groups is 1. The first-order valence-corrected chi connectivity index (χ1v) is 6.59. The zero-order valence-electron chi connectivity index (χ0n) is 11.1. The predicted molar refractivity (Wildman–Crippen MR) is 78.4 cm³/mol. The molecule has 0 spiro atoms. The van der Waals surface area contributed by atoms with E-state index in [4.69, 9.17) is 23.2 Å². The van der Waals surface area contributed by atoms with Crippen LogP contribution in [0.1, 0.15) is 10.4 Å². The van der Waals surface area contributed by atoms with Gasteiger partial charge in [0.25, 0.3) is 5.91 Å². The molecule has 1 heterocycles. The Balaban J connectivity index is 2.48. The van der Waals surface area contributed by atoms with Gasteiger partial charge in [-0.05, 0) is 18.2 Å². The highest BCUT2D eigenvalue weighted by atomic mass is 35.5. The number of anilines is 2. The van der Waals surface area contributed by atoms with E-state index in [0.29, 0.717) is 0 Å². The van der Waals surface area contributed by atoms with Crippen molar-refractivity contribution in [1.29, 1.82) is 0 Å². The molecule has 2 N–H and O–H groups in total. The molecule has 5 nitrogen and oxygen atoms in total. The van der Waals surface area contributed by atoms with Gasteiger partial charge in [-0.1, -0.05) is 23.2 Å². The maximum absolute atomic E-state index is 14.0. The minimum atomic E-state index is -1.25. The Kier molecular flexibility index (Phi) is 5.12. The third-order valence-electron chi connectivity index (χ3n) is 2.59. The molecule has 0 radical (unpaired) electrons. The first-order chi connectivity index (χ1) is 10.4. The minimum Gasteiger partial charge on any atom is -0.336 e. The lowest BCUT2D eigenvalue weighted by Crippen LogP contribution is -2.23. The molecule has 0 unspecified atom stereocenters. The fourth-order valence-corrected chi connectivity index (χ4v) is 2.06. The second-order valence-corrected chi connectivity index (χ2v) is 4.87. The molecule has 2 rings (SSSR count). The fourth-order valence-electron chi connectivity index (χ4n) is 1.63. The van der Waals surface area contributed by atoms with Crippen molar-refractivity contribution < 1.29 is 18.4 Å². The Hall–Kier alpha value is -1.96. The van der Waals surface area contributed by atoms with Crippen LogP contribution in [-0.4, -0.2) is 18.0 Å². The Morgan fingerprint density at radius 2 is 2.05 bits per heavy atom. The smallest absolute Gasteiger partial charge is 0.277 e. The van der Waals surface area contributed by atoms with Crippen LogP contribution in [0.3, 0.4) is 0 Å². The summed E-state index contributed by atoms with van der Waals surface area (Å²) in [5.74, 6) is -3.14. The van der Waals surface area contributed by atoms with Gasteiger partial charge in [0.1, 0.15) is 5.82 Å². The first kappa shape index (κ1) is 16.4. The van der Waals surface area contributed by atoms with Crippen LogP contribution in [0.4, 0.5) is 20.3 Å². The number of aromatic nitrogens is 1. The predicted octanol–water partition coefficient (Wildman–Crippen LogP) is 3.70. The molecule has 0 saturated carbocycles. The van der Waals surface area contributed by atoms with Gasteiger partial charge in [-0.25, -0.2) is 19.2 Å². The number of rotatable bonds is 4. The minimum absolute atomic E-state index is 0.0158. The zero-order valence-corrected chi connectivity index (χ0v) is 12.6. The summed E-state index contributed by atoms with van der Waals surface area (Å²) in [5.41, 5.74) is 1.40. The lowest BCUT2D eigenvalue weighted by molar-refractivity contribution is 0.0538. The van der Waals surface area contributed by atoms with Gasteiger partial charge >= 0.3 is 0 Å². The number of benzene rings is 1. The van der Waals surface area contributed by atoms with Gasteiger partial charge in [-0.15, -0.1) is 0 Å². The topological polar surface area (TPSA) is 63.2 Å².